The Balaban J connectivity index is 1.60. The molecule has 2 aromatic heterocycles. The minimum Gasteiger partial charge on any atom is -0.361 e. The van der Waals surface area contributed by atoms with Crippen molar-refractivity contribution in [3.8, 4) is 0 Å². The van der Waals surface area contributed by atoms with Gasteiger partial charge in [0.2, 0.25) is 0 Å². The maximum absolute atomic E-state index is 5.38. The Bertz CT molecular complexity index is 630. The molecule has 0 unspecified atom stereocenters. The third-order valence-corrected chi connectivity index (χ3v) is 5.15. The molecule has 0 bridgehead atoms. The van der Waals surface area contributed by atoms with Crippen LogP contribution in [0.15, 0.2) is 15.7 Å². The van der Waals surface area contributed by atoms with E-state index in [4.69, 9.17) is 4.52 Å². The van der Waals surface area contributed by atoms with Gasteiger partial charge in [-0.05, 0) is 25.3 Å². The Morgan fingerprint density at radius 1 is 1.43 bits per heavy atom. The number of aromatic nitrogens is 4. The highest BCUT2D eigenvalue weighted by atomic mass is 32.2. The van der Waals surface area contributed by atoms with Gasteiger partial charge in [-0.15, -0.1) is 10.2 Å². The summed E-state index contributed by atoms with van der Waals surface area (Å²) in [5.74, 6) is 3.85. The Morgan fingerprint density at radius 2 is 2.30 bits per heavy atom. The number of nitrogens with one attached hydrogen (secondary N) is 1. The van der Waals surface area contributed by atoms with Crippen molar-refractivity contribution < 1.29 is 4.52 Å². The largest absolute Gasteiger partial charge is 0.361 e. The molecular weight excluding hydrogens is 310 g/mol. The zero-order chi connectivity index (χ0) is 16.2. The molecule has 1 N–H and O–H groups in total. The summed E-state index contributed by atoms with van der Waals surface area (Å²) < 4.78 is 7.50. The monoisotopic (exact) mass is 335 g/mol. The van der Waals surface area contributed by atoms with Crippen molar-refractivity contribution in [3.05, 3.63) is 23.3 Å². The van der Waals surface area contributed by atoms with Crippen molar-refractivity contribution in [1.29, 1.82) is 0 Å². The van der Waals surface area contributed by atoms with Crippen molar-refractivity contribution in [2.24, 2.45) is 13.0 Å². The molecule has 0 aliphatic carbocycles. The van der Waals surface area contributed by atoms with Crippen molar-refractivity contribution >= 4 is 11.8 Å². The van der Waals surface area contributed by atoms with E-state index in [2.05, 4.69) is 52.2 Å². The second kappa shape index (κ2) is 7.49. The van der Waals surface area contributed by atoms with Crippen molar-refractivity contribution in [2.75, 3.05) is 13.1 Å². The van der Waals surface area contributed by atoms with Gasteiger partial charge in [-0.2, -0.15) is 0 Å². The number of hydrogen-bond donors (Lipinski definition) is 1. The van der Waals surface area contributed by atoms with Gasteiger partial charge in [0.05, 0.1) is 5.69 Å². The van der Waals surface area contributed by atoms with E-state index in [1.54, 1.807) is 11.8 Å². The van der Waals surface area contributed by atoms with Crippen molar-refractivity contribution in [1.82, 2.24) is 25.2 Å². The lowest BCUT2D eigenvalue weighted by Gasteiger charge is -2.21. The summed E-state index contributed by atoms with van der Waals surface area (Å²) in [6.45, 7) is 6.47. The average molecular weight is 335 g/mol. The summed E-state index contributed by atoms with van der Waals surface area (Å²) in [5, 5.41) is 17.3. The quantitative estimate of drug-likeness (QED) is 0.819. The van der Waals surface area contributed by atoms with Gasteiger partial charge in [-0.1, -0.05) is 30.8 Å². The Kier molecular flexibility index (Phi) is 5.38. The third-order valence-electron chi connectivity index (χ3n) is 4.10. The van der Waals surface area contributed by atoms with Gasteiger partial charge >= 0.3 is 0 Å². The molecule has 7 heteroatoms. The summed E-state index contributed by atoms with van der Waals surface area (Å²) in [4.78, 5) is 0. The lowest BCUT2D eigenvalue weighted by Crippen LogP contribution is -2.29. The summed E-state index contributed by atoms with van der Waals surface area (Å²) in [7, 11) is 2.05. The molecule has 1 saturated heterocycles. The maximum Gasteiger partial charge on any atom is 0.191 e. The standard InChI is InChI=1S/C16H25N5OS/c1-11(2)7-14-8-13(20-22-14)10-23-16-19-18-15(21(16)3)12-5-4-6-17-9-12/h8,11-12,17H,4-7,9-10H2,1-3H3/t12-/m0/s1. The molecule has 2 aromatic rings. The van der Waals surface area contributed by atoms with Crippen LogP contribution in [-0.2, 0) is 19.2 Å². The Labute approximate surface area is 141 Å². The minimum absolute atomic E-state index is 0.472. The molecule has 1 aliphatic rings. The summed E-state index contributed by atoms with van der Waals surface area (Å²) >= 11 is 1.66. The first-order chi connectivity index (χ1) is 11.1. The normalized spacial score (nSPS) is 18.7. The predicted molar refractivity (Wildman–Crippen MR) is 90.5 cm³/mol. The fourth-order valence-corrected chi connectivity index (χ4v) is 3.74. The van der Waals surface area contributed by atoms with Crippen LogP contribution in [0.3, 0.4) is 0 Å². The summed E-state index contributed by atoms with van der Waals surface area (Å²) in [6.07, 6.45) is 3.32. The van der Waals surface area contributed by atoms with Crippen LogP contribution in [0.5, 0.6) is 0 Å². The molecule has 0 radical (unpaired) electrons. The van der Waals surface area contributed by atoms with E-state index in [0.717, 1.165) is 47.7 Å². The van der Waals surface area contributed by atoms with Gasteiger partial charge in [-0.25, -0.2) is 0 Å². The second-order valence-corrected chi connectivity index (χ2v) is 7.56. The molecule has 3 rings (SSSR count). The van der Waals surface area contributed by atoms with Crippen LogP contribution in [0.4, 0.5) is 0 Å². The first-order valence-corrected chi connectivity index (χ1v) is 9.29. The van der Waals surface area contributed by atoms with E-state index in [1.807, 2.05) is 0 Å². The SMILES string of the molecule is CC(C)Cc1cc(CSc2nnc([C@H]3CCCNC3)n2C)no1. The van der Waals surface area contributed by atoms with Crippen LogP contribution in [0.1, 0.15) is 49.9 Å². The van der Waals surface area contributed by atoms with Gasteiger partial charge < -0.3 is 14.4 Å². The third kappa shape index (κ3) is 4.14. The molecule has 1 fully saturated rings. The highest BCUT2D eigenvalue weighted by Gasteiger charge is 2.21. The molecule has 1 atom stereocenters. The van der Waals surface area contributed by atoms with E-state index in [-0.39, 0.29) is 0 Å². The molecule has 0 saturated carbocycles. The Hall–Kier alpha value is -1.34. The molecule has 0 spiro atoms. The zero-order valence-electron chi connectivity index (χ0n) is 14.1. The minimum atomic E-state index is 0.472. The smallest absolute Gasteiger partial charge is 0.191 e. The van der Waals surface area contributed by atoms with E-state index in [0.29, 0.717) is 11.8 Å². The van der Waals surface area contributed by atoms with Crippen LogP contribution >= 0.6 is 11.8 Å². The van der Waals surface area contributed by atoms with E-state index in [1.165, 1.54) is 12.8 Å². The van der Waals surface area contributed by atoms with Gasteiger partial charge in [0, 0.05) is 37.8 Å². The van der Waals surface area contributed by atoms with Crippen molar-refractivity contribution in [2.45, 2.75) is 49.9 Å². The Morgan fingerprint density at radius 3 is 3.04 bits per heavy atom. The maximum atomic E-state index is 5.38. The second-order valence-electron chi connectivity index (χ2n) is 6.61. The lowest BCUT2D eigenvalue weighted by atomic mass is 9.99. The molecular formula is C16H25N5OS. The molecule has 6 nitrogen and oxygen atoms in total. The molecule has 23 heavy (non-hydrogen) atoms. The molecule has 0 amide bonds. The van der Waals surface area contributed by atoms with Gasteiger partial charge in [0.15, 0.2) is 5.16 Å². The molecule has 1 aliphatic heterocycles. The number of piperidine rings is 1. The molecule has 3 heterocycles. The summed E-state index contributed by atoms with van der Waals surface area (Å²) in [5.41, 5.74) is 0.967. The first-order valence-electron chi connectivity index (χ1n) is 8.30. The van der Waals surface area contributed by atoms with E-state index in [9.17, 15) is 0 Å². The van der Waals surface area contributed by atoms with E-state index >= 15 is 0 Å². The topological polar surface area (TPSA) is 68.8 Å². The predicted octanol–water partition coefficient (Wildman–Crippen LogP) is 2.76. The number of thioether (sulfide) groups is 1. The molecule has 126 valence electrons. The summed E-state index contributed by atoms with van der Waals surface area (Å²) in [6, 6.07) is 2.05. The van der Waals surface area contributed by atoms with Crippen molar-refractivity contribution in [3.63, 3.8) is 0 Å². The highest BCUT2D eigenvalue weighted by molar-refractivity contribution is 7.98. The number of nitrogens with zero attached hydrogens (tertiary/aromatic N) is 4. The highest BCUT2D eigenvalue weighted by Crippen LogP contribution is 2.26. The average Bonchev–Trinajstić information content (AvgIpc) is 3.12. The van der Waals surface area contributed by atoms with Crippen LogP contribution in [0.2, 0.25) is 0 Å². The van der Waals surface area contributed by atoms with Crippen LogP contribution in [0.25, 0.3) is 0 Å². The number of hydrogen-bond acceptors (Lipinski definition) is 6. The first kappa shape index (κ1) is 16.5. The fraction of sp³-hybridized carbons (Fsp3) is 0.688. The number of rotatable bonds is 6. The van der Waals surface area contributed by atoms with Gasteiger partial charge in [0.1, 0.15) is 11.6 Å². The lowest BCUT2D eigenvalue weighted by molar-refractivity contribution is 0.365. The van der Waals surface area contributed by atoms with Gasteiger partial charge in [-0.3, -0.25) is 0 Å². The fourth-order valence-electron chi connectivity index (χ4n) is 2.94. The van der Waals surface area contributed by atoms with Crippen LogP contribution < -0.4 is 5.32 Å². The van der Waals surface area contributed by atoms with Crippen LogP contribution in [0, 0.1) is 5.92 Å². The van der Waals surface area contributed by atoms with Gasteiger partial charge in [0.25, 0.3) is 0 Å². The zero-order valence-corrected chi connectivity index (χ0v) is 14.9. The van der Waals surface area contributed by atoms with Crippen LogP contribution in [-0.4, -0.2) is 33.0 Å². The van der Waals surface area contributed by atoms with E-state index < -0.39 is 0 Å². The molecule has 0 aromatic carbocycles.